The van der Waals surface area contributed by atoms with E-state index in [-0.39, 0.29) is 24.5 Å². The molecule has 2 atom stereocenters. The van der Waals surface area contributed by atoms with Crippen molar-refractivity contribution in [2.45, 2.75) is 12.5 Å². The van der Waals surface area contributed by atoms with Crippen LogP contribution >= 0.6 is 0 Å². The number of allylic oxidation sites excluding steroid dienone is 1. The summed E-state index contributed by atoms with van der Waals surface area (Å²) >= 11 is 0. The van der Waals surface area contributed by atoms with Crippen molar-refractivity contribution in [2.75, 3.05) is 13.7 Å². The first-order chi connectivity index (χ1) is 8.15. The van der Waals surface area contributed by atoms with Crippen LogP contribution in [0.4, 0.5) is 0 Å². The summed E-state index contributed by atoms with van der Waals surface area (Å²) in [5, 5.41) is 0. The van der Waals surface area contributed by atoms with Gasteiger partial charge in [-0.3, -0.25) is 9.59 Å². The molecule has 0 saturated heterocycles. The minimum atomic E-state index is -0.533. The molecule has 2 aliphatic heterocycles. The number of hydrogen-bond acceptors (Lipinski definition) is 4. The molecule has 17 heavy (non-hydrogen) atoms. The Hall–Kier alpha value is -1.91. The number of carbonyl (C=O) groups is 3. The molecule has 0 aromatic heterocycles. The minimum absolute atomic E-state index is 0.00642. The van der Waals surface area contributed by atoms with Gasteiger partial charge in [-0.15, -0.1) is 0 Å². The summed E-state index contributed by atoms with van der Waals surface area (Å²) < 4.78 is 4.77. The number of esters is 1. The summed E-state index contributed by atoms with van der Waals surface area (Å²) in [5.74, 6) is -0.714. The number of fused-ring (bicyclic) bond motifs is 2. The lowest BCUT2D eigenvalue weighted by Gasteiger charge is -2.30. The van der Waals surface area contributed by atoms with Crippen molar-refractivity contribution >= 4 is 18.2 Å². The van der Waals surface area contributed by atoms with Crippen molar-refractivity contribution < 1.29 is 19.1 Å². The number of carbonyl (C=O) groups excluding carboxylic acids is 3. The van der Waals surface area contributed by atoms with Crippen molar-refractivity contribution in [3.8, 4) is 0 Å². The lowest BCUT2D eigenvalue weighted by atomic mass is 10.0. The molecule has 0 spiro atoms. The number of hydrogen-bond donors (Lipinski definition) is 0. The second-order valence-corrected chi connectivity index (χ2v) is 4.05. The van der Waals surface area contributed by atoms with Gasteiger partial charge in [-0.05, 0) is 6.42 Å². The highest BCUT2D eigenvalue weighted by atomic mass is 16.5. The van der Waals surface area contributed by atoms with E-state index in [1.165, 1.54) is 4.90 Å². The minimum Gasteiger partial charge on any atom is -0.455 e. The number of aldehydes is 1. The van der Waals surface area contributed by atoms with Gasteiger partial charge in [0.25, 0.3) is 0 Å². The van der Waals surface area contributed by atoms with Gasteiger partial charge in [-0.1, -0.05) is 18.2 Å². The van der Waals surface area contributed by atoms with Crippen LogP contribution in [0.1, 0.15) is 6.42 Å². The molecule has 2 heterocycles. The van der Waals surface area contributed by atoms with E-state index in [4.69, 9.17) is 4.74 Å². The lowest BCUT2D eigenvalue weighted by Crippen LogP contribution is -2.43. The summed E-state index contributed by atoms with van der Waals surface area (Å²) in [6, 6.07) is -0.375. The predicted octanol–water partition coefficient (Wildman–Crippen LogP) is 0.0716. The van der Waals surface area contributed by atoms with E-state index in [1.807, 2.05) is 12.2 Å². The molecule has 5 heteroatoms. The monoisotopic (exact) mass is 235 g/mol. The van der Waals surface area contributed by atoms with E-state index < -0.39 is 5.97 Å². The second kappa shape index (κ2) is 4.53. The molecule has 0 aromatic rings. The van der Waals surface area contributed by atoms with Gasteiger partial charge in [0.15, 0.2) is 6.29 Å². The number of nitrogens with zero attached hydrogens (tertiary/aromatic N) is 1. The lowest BCUT2D eigenvalue weighted by molar-refractivity contribution is -0.142. The molecule has 2 unspecified atom stereocenters. The Balaban J connectivity index is 2.22. The Morgan fingerprint density at radius 2 is 2.35 bits per heavy atom. The van der Waals surface area contributed by atoms with Gasteiger partial charge in [-0.25, -0.2) is 4.79 Å². The molecule has 5 nitrogen and oxygen atoms in total. The van der Waals surface area contributed by atoms with Crippen LogP contribution in [0.3, 0.4) is 0 Å². The fraction of sp³-hybridized carbons (Fsp3) is 0.417. The normalized spacial score (nSPS) is 26.5. The van der Waals surface area contributed by atoms with Gasteiger partial charge in [0, 0.05) is 7.05 Å². The first-order valence-corrected chi connectivity index (χ1v) is 5.41. The third-order valence-electron chi connectivity index (χ3n) is 3.04. The Labute approximate surface area is 98.7 Å². The second-order valence-electron chi connectivity index (χ2n) is 4.05. The van der Waals surface area contributed by atoms with Crippen molar-refractivity contribution in [3.63, 3.8) is 0 Å². The van der Waals surface area contributed by atoms with E-state index in [0.717, 1.165) is 0 Å². The van der Waals surface area contributed by atoms with Crippen LogP contribution in [0.25, 0.3) is 0 Å². The standard InChI is InChI=1S/C12H13NO4/c1-13-10-5-3-8(11(13)15)2-4-9(10)12(16)17-7-6-14/h3-6,8,10H,2,7H2,1H3. The summed E-state index contributed by atoms with van der Waals surface area (Å²) in [6.07, 6.45) is 6.40. The molecule has 0 saturated carbocycles. The number of likely N-dealkylation sites (N-methyl/N-ethyl adjacent to an activating group) is 1. The number of amides is 1. The molecule has 0 aromatic carbocycles. The zero-order chi connectivity index (χ0) is 12.4. The number of rotatable bonds is 3. The first kappa shape index (κ1) is 11.6. The SMILES string of the molecule is CN1C(=O)C2C=CC1C(C(=O)OCC=O)=CC2. The van der Waals surface area contributed by atoms with Crippen molar-refractivity contribution in [3.05, 3.63) is 23.8 Å². The van der Waals surface area contributed by atoms with E-state index in [1.54, 1.807) is 13.1 Å². The van der Waals surface area contributed by atoms with Gasteiger partial charge >= 0.3 is 5.97 Å². The largest absolute Gasteiger partial charge is 0.455 e. The predicted molar refractivity (Wildman–Crippen MR) is 58.9 cm³/mol. The highest BCUT2D eigenvalue weighted by Crippen LogP contribution is 2.28. The summed E-state index contributed by atoms with van der Waals surface area (Å²) in [6.45, 7) is -0.256. The average Bonchev–Trinajstić information content (AvgIpc) is 2.61. The van der Waals surface area contributed by atoms with Crippen LogP contribution in [-0.2, 0) is 19.1 Å². The Morgan fingerprint density at radius 3 is 3.06 bits per heavy atom. The van der Waals surface area contributed by atoms with Crippen molar-refractivity contribution in [1.82, 2.24) is 4.90 Å². The van der Waals surface area contributed by atoms with Gasteiger partial charge in [-0.2, -0.15) is 0 Å². The molecular formula is C12H13NO4. The van der Waals surface area contributed by atoms with E-state index in [0.29, 0.717) is 18.3 Å². The van der Waals surface area contributed by atoms with Crippen LogP contribution in [0.15, 0.2) is 23.8 Å². The van der Waals surface area contributed by atoms with Gasteiger partial charge in [0.05, 0.1) is 17.5 Å². The maximum Gasteiger partial charge on any atom is 0.336 e. The van der Waals surface area contributed by atoms with Gasteiger partial charge < -0.3 is 9.64 Å². The van der Waals surface area contributed by atoms with Gasteiger partial charge in [0.1, 0.15) is 6.61 Å². The summed E-state index contributed by atoms with van der Waals surface area (Å²) in [5.41, 5.74) is 0.430. The third-order valence-corrected chi connectivity index (χ3v) is 3.04. The molecule has 1 amide bonds. The Kier molecular flexibility index (Phi) is 3.08. The maximum absolute atomic E-state index is 11.8. The van der Waals surface area contributed by atoms with Crippen LogP contribution in [-0.4, -0.2) is 42.8 Å². The Morgan fingerprint density at radius 1 is 1.59 bits per heavy atom. The van der Waals surface area contributed by atoms with Crippen LogP contribution in [0.5, 0.6) is 0 Å². The average molecular weight is 235 g/mol. The smallest absolute Gasteiger partial charge is 0.336 e. The van der Waals surface area contributed by atoms with Crippen LogP contribution in [0.2, 0.25) is 0 Å². The zero-order valence-electron chi connectivity index (χ0n) is 9.46. The zero-order valence-corrected chi connectivity index (χ0v) is 9.46. The quantitative estimate of drug-likeness (QED) is 0.394. The summed E-state index contributed by atoms with van der Waals surface area (Å²) in [4.78, 5) is 35.2. The van der Waals surface area contributed by atoms with E-state index >= 15 is 0 Å². The van der Waals surface area contributed by atoms with Crippen molar-refractivity contribution in [2.24, 2.45) is 5.92 Å². The molecule has 1 aliphatic carbocycles. The molecule has 3 aliphatic rings. The summed E-state index contributed by atoms with van der Waals surface area (Å²) in [7, 11) is 1.66. The molecule has 3 rings (SSSR count). The fourth-order valence-electron chi connectivity index (χ4n) is 2.11. The van der Waals surface area contributed by atoms with Gasteiger partial charge in [0.2, 0.25) is 5.91 Å². The van der Waals surface area contributed by atoms with E-state index in [9.17, 15) is 14.4 Å². The third kappa shape index (κ3) is 2.00. The Bertz CT molecular complexity index is 424. The molecule has 0 radical (unpaired) electrons. The molecule has 0 N–H and O–H groups in total. The molecule has 0 fully saturated rings. The molecule has 2 bridgehead atoms. The topological polar surface area (TPSA) is 63.7 Å². The first-order valence-electron chi connectivity index (χ1n) is 5.41. The van der Waals surface area contributed by atoms with Crippen molar-refractivity contribution in [1.29, 1.82) is 0 Å². The maximum atomic E-state index is 11.8. The fourth-order valence-corrected chi connectivity index (χ4v) is 2.11. The highest BCUT2D eigenvalue weighted by Gasteiger charge is 2.36. The number of ether oxygens (including phenoxy) is 1. The molecular weight excluding hydrogens is 222 g/mol. The van der Waals surface area contributed by atoms with Crippen LogP contribution in [0, 0.1) is 5.92 Å². The van der Waals surface area contributed by atoms with Crippen LogP contribution < -0.4 is 0 Å². The molecule has 90 valence electrons. The van der Waals surface area contributed by atoms with E-state index in [2.05, 4.69) is 0 Å². The highest BCUT2D eigenvalue weighted by molar-refractivity contribution is 5.94.